The van der Waals surface area contributed by atoms with Gasteiger partial charge in [0.25, 0.3) is 10.0 Å². The molecule has 3 aromatic carbocycles. The molecule has 0 bridgehead atoms. The molecule has 1 aliphatic heterocycles. The number of ether oxygens (including phenoxy) is 2. The Morgan fingerprint density at radius 1 is 1.05 bits per heavy atom. The van der Waals surface area contributed by atoms with Crippen LogP contribution in [-0.4, -0.2) is 57.2 Å². The van der Waals surface area contributed by atoms with Crippen molar-refractivity contribution in [3.05, 3.63) is 96.1 Å². The summed E-state index contributed by atoms with van der Waals surface area (Å²) >= 11 is 0. The molecule has 218 valence electrons. The van der Waals surface area contributed by atoms with Gasteiger partial charge in [-0.1, -0.05) is 18.2 Å². The number of hydrogen-bond acceptors (Lipinski definition) is 8. The Hall–Kier alpha value is -4.94. The number of aromatic nitrogens is 5. The van der Waals surface area contributed by atoms with Crippen LogP contribution in [0.15, 0.2) is 83.9 Å². The number of aryl methyl sites for hydroxylation is 1. The number of rotatable bonds is 7. The molecule has 0 saturated carbocycles. The van der Waals surface area contributed by atoms with Gasteiger partial charge in [0, 0.05) is 24.3 Å². The Balaban J connectivity index is 1.34. The molecule has 1 fully saturated rings. The molecule has 0 aliphatic carbocycles. The molecule has 1 saturated heterocycles. The molecule has 7 rings (SSSR count). The maximum absolute atomic E-state index is 14.1. The van der Waals surface area contributed by atoms with Gasteiger partial charge in [0.15, 0.2) is 0 Å². The first-order valence-electron chi connectivity index (χ1n) is 13.8. The first-order chi connectivity index (χ1) is 20.8. The van der Waals surface area contributed by atoms with Crippen LogP contribution < -0.4 is 10.5 Å². The van der Waals surface area contributed by atoms with Gasteiger partial charge in [-0.15, -0.1) is 0 Å². The number of imidazole rings is 1. The second-order valence-corrected chi connectivity index (χ2v) is 12.3. The van der Waals surface area contributed by atoms with Crippen LogP contribution in [0.25, 0.3) is 27.6 Å². The number of benzene rings is 3. The lowest BCUT2D eigenvalue weighted by atomic mass is 10.1. The molecule has 12 heteroatoms. The summed E-state index contributed by atoms with van der Waals surface area (Å²) in [5, 5.41) is 4.94. The van der Waals surface area contributed by atoms with E-state index in [1.54, 1.807) is 42.5 Å². The lowest BCUT2D eigenvalue weighted by Gasteiger charge is -2.23. The molecule has 3 aromatic heterocycles. The lowest BCUT2D eigenvalue weighted by molar-refractivity contribution is 0.0256. The van der Waals surface area contributed by atoms with Crippen LogP contribution >= 0.6 is 0 Å². The summed E-state index contributed by atoms with van der Waals surface area (Å²) in [5.74, 6) is 0.777. The van der Waals surface area contributed by atoms with Crippen molar-refractivity contribution in [2.24, 2.45) is 0 Å². The summed E-state index contributed by atoms with van der Waals surface area (Å²) in [5.41, 5.74) is 9.01. The SMILES string of the molecule is Cc1nc2cc(-n3ncc(C(=O)c4cc5ccc(OC6CCOCC6)cc5n4S(=O)(=O)c4ccccc4)c3N)ccc2[nH]1. The normalized spacial score (nSPS) is 14.4. The summed E-state index contributed by atoms with van der Waals surface area (Å²) in [7, 11) is -4.20. The number of nitrogens with one attached hydrogen (secondary N) is 1. The van der Waals surface area contributed by atoms with E-state index in [-0.39, 0.29) is 28.1 Å². The van der Waals surface area contributed by atoms with E-state index in [4.69, 9.17) is 15.2 Å². The van der Waals surface area contributed by atoms with Gasteiger partial charge in [0.2, 0.25) is 5.78 Å². The Kier molecular flexibility index (Phi) is 6.51. The minimum Gasteiger partial charge on any atom is -0.490 e. The number of fused-ring (bicyclic) bond motifs is 2. The summed E-state index contributed by atoms with van der Waals surface area (Å²) in [6.07, 6.45) is 2.79. The van der Waals surface area contributed by atoms with Crippen LogP contribution in [-0.2, 0) is 14.8 Å². The number of ketones is 1. The zero-order valence-corrected chi connectivity index (χ0v) is 24.0. The van der Waals surface area contributed by atoms with Gasteiger partial charge in [-0.05, 0) is 55.5 Å². The van der Waals surface area contributed by atoms with Gasteiger partial charge in [-0.25, -0.2) is 22.1 Å². The van der Waals surface area contributed by atoms with Crippen molar-refractivity contribution >= 4 is 43.6 Å². The number of nitrogen functional groups attached to an aromatic ring is 1. The average Bonchev–Trinajstić information content (AvgIpc) is 3.71. The second kappa shape index (κ2) is 10.4. The van der Waals surface area contributed by atoms with Gasteiger partial charge in [0.1, 0.15) is 29.2 Å². The van der Waals surface area contributed by atoms with E-state index >= 15 is 0 Å². The third kappa shape index (κ3) is 4.74. The number of aromatic amines is 1. The molecule has 4 heterocycles. The summed E-state index contributed by atoms with van der Waals surface area (Å²) in [6.45, 7) is 3.07. The van der Waals surface area contributed by atoms with E-state index in [9.17, 15) is 13.2 Å². The highest BCUT2D eigenvalue weighted by Crippen LogP contribution is 2.32. The average molecular weight is 597 g/mol. The number of carbonyl (C=O) groups is 1. The molecule has 11 nitrogen and oxygen atoms in total. The number of anilines is 1. The lowest BCUT2D eigenvalue weighted by Crippen LogP contribution is -2.25. The highest BCUT2D eigenvalue weighted by Gasteiger charge is 2.30. The van der Waals surface area contributed by atoms with E-state index in [0.29, 0.717) is 35.6 Å². The van der Waals surface area contributed by atoms with Crippen molar-refractivity contribution in [1.29, 1.82) is 0 Å². The third-order valence-corrected chi connectivity index (χ3v) is 9.34. The minimum absolute atomic E-state index is 0.0447. The molecule has 0 unspecified atom stereocenters. The third-order valence-electron chi connectivity index (χ3n) is 7.60. The van der Waals surface area contributed by atoms with E-state index < -0.39 is 15.8 Å². The van der Waals surface area contributed by atoms with Crippen LogP contribution in [0.3, 0.4) is 0 Å². The number of carbonyl (C=O) groups excluding carboxylic acids is 1. The molecule has 1 aliphatic rings. The number of nitrogens with zero attached hydrogens (tertiary/aromatic N) is 4. The highest BCUT2D eigenvalue weighted by molar-refractivity contribution is 7.90. The Morgan fingerprint density at radius 3 is 2.63 bits per heavy atom. The van der Waals surface area contributed by atoms with Crippen molar-refractivity contribution < 1.29 is 22.7 Å². The Labute approximate surface area is 246 Å². The van der Waals surface area contributed by atoms with Crippen molar-refractivity contribution in [1.82, 2.24) is 23.7 Å². The fraction of sp³-hybridized carbons (Fsp3) is 0.194. The van der Waals surface area contributed by atoms with Crippen molar-refractivity contribution in [2.45, 2.75) is 30.8 Å². The smallest absolute Gasteiger partial charge is 0.268 e. The van der Waals surface area contributed by atoms with Gasteiger partial charge >= 0.3 is 0 Å². The molecule has 43 heavy (non-hydrogen) atoms. The predicted octanol–water partition coefficient (Wildman–Crippen LogP) is 4.62. The van der Waals surface area contributed by atoms with Crippen LogP contribution in [0.2, 0.25) is 0 Å². The topological polar surface area (TPSA) is 147 Å². The largest absolute Gasteiger partial charge is 0.490 e. The number of nitrogens with two attached hydrogens (primary N) is 1. The van der Waals surface area contributed by atoms with Gasteiger partial charge < -0.3 is 20.2 Å². The first-order valence-corrected chi connectivity index (χ1v) is 15.3. The fourth-order valence-electron chi connectivity index (χ4n) is 5.46. The highest BCUT2D eigenvalue weighted by atomic mass is 32.2. The van der Waals surface area contributed by atoms with E-state index in [1.807, 2.05) is 25.1 Å². The molecule has 0 spiro atoms. The predicted molar refractivity (Wildman–Crippen MR) is 161 cm³/mol. The zero-order chi connectivity index (χ0) is 29.7. The minimum atomic E-state index is -4.20. The molecule has 0 atom stereocenters. The zero-order valence-electron chi connectivity index (χ0n) is 23.2. The van der Waals surface area contributed by atoms with Crippen molar-refractivity contribution in [3.63, 3.8) is 0 Å². The van der Waals surface area contributed by atoms with E-state index in [2.05, 4.69) is 15.1 Å². The van der Waals surface area contributed by atoms with Crippen LogP contribution in [0.4, 0.5) is 5.82 Å². The van der Waals surface area contributed by atoms with E-state index in [1.165, 1.54) is 23.0 Å². The molecule has 6 aromatic rings. The molecule has 0 amide bonds. The monoisotopic (exact) mass is 596 g/mol. The maximum atomic E-state index is 14.1. The molecular formula is C31H28N6O5S. The molecule has 3 N–H and O–H groups in total. The van der Waals surface area contributed by atoms with Crippen LogP contribution in [0, 0.1) is 6.92 Å². The van der Waals surface area contributed by atoms with Gasteiger partial charge in [-0.2, -0.15) is 5.10 Å². The van der Waals surface area contributed by atoms with Gasteiger partial charge in [-0.3, -0.25) is 4.79 Å². The number of hydrogen-bond donors (Lipinski definition) is 2. The van der Waals surface area contributed by atoms with Crippen molar-refractivity contribution in [2.75, 3.05) is 18.9 Å². The first kappa shape index (κ1) is 26.9. The Bertz CT molecular complexity index is 2110. The number of H-pyrrole nitrogens is 1. The van der Waals surface area contributed by atoms with Crippen LogP contribution in [0.5, 0.6) is 5.75 Å². The fourth-order valence-corrected chi connectivity index (χ4v) is 6.98. The van der Waals surface area contributed by atoms with Crippen LogP contribution in [0.1, 0.15) is 34.7 Å². The summed E-state index contributed by atoms with van der Waals surface area (Å²) < 4.78 is 42.3. The Morgan fingerprint density at radius 2 is 1.84 bits per heavy atom. The maximum Gasteiger partial charge on any atom is 0.268 e. The van der Waals surface area contributed by atoms with E-state index in [0.717, 1.165) is 33.7 Å². The van der Waals surface area contributed by atoms with Gasteiger partial charge in [0.05, 0.1) is 52.1 Å². The standard InChI is InChI=1S/C31H28N6O5S/c1-19-34-26-10-8-21(16-27(26)35-19)36-31(32)25(18-33-36)30(38)29-15-20-7-9-23(42-22-11-13-41-14-12-22)17-28(20)37(29)43(39,40)24-5-3-2-4-6-24/h2-10,15-18,22H,11-14,32H2,1H3,(H,34,35). The quantitative estimate of drug-likeness (QED) is 0.254. The molecule has 0 radical (unpaired) electrons. The van der Waals surface area contributed by atoms with Crippen molar-refractivity contribution in [3.8, 4) is 11.4 Å². The second-order valence-electron chi connectivity index (χ2n) is 10.5. The summed E-state index contributed by atoms with van der Waals surface area (Å²) in [4.78, 5) is 21.8. The summed E-state index contributed by atoms with van der Waals surface area (Å²) in [6, 6.07) is 20.2. The molecular weight excluding hydrogens is 568 g/mol.